The summed E-state index contributed by atoms with van der Waals surface area (Å²) in [5, 5.41) is 8.54. The van der Waals surface area contributed by atoms with Crippen molar-refractivity contribution in [3.8, 4) is 0 Å². The van der Waals surface area contributed by atoms with Gasteiger partial charge in [-0.15, -0.1) is 0 Å². The molecule has 1 aromatic rings. The molecule has 0 bridgehead atoms. The SMILES string of the molecule is O=[PH](O)O.O=[PH](O)O.OCc1ccccc1. The number of rotatable bonds is 1. The van der Waals surface area contributed by atoms with Crippen molar-refractivity contribution in [1.29, 1.82) is 0 Å². The smallest absolute Gasteiger partial charge is 0.314 e. The van der Waals surface area contributed by atoms with Crippen LogP contribution >= 0.6 is 16.5 Å². The predicted octanol–water partition coefficient (Wildman–Crippen LogP) is -0.0997. The molecule has 5 N–H and O–H groups in total. The topological polar surface area (TPSA) is 135 Å². The van der Waals surface area contributed by atoms with Crippen molar-refractivity contribution >= 4 is 16.5 Å². The lowest BCUT2D eigenvalue weighted by molar-refractivity contribution is 0.282. The average molecular weight is 272 g/mol. The molecular formula is C7H14O7P2. The van der Waals surface area contributed by atoms with E-state index < -0.39 is 16.5 Å². The molecule has 0 aliphatic carbocycles. The number of hydrogen-bond donors (Lipinski definition) is 5. The quantitative estimate of drug-likeness (QED) is 0.450. The lowest BCUT2D eigenvalue weighted by Gasteiger charge is -1.89. The van der Waals surface area contributed by atoms with Crippen LogP contribution in [-0.4, -0.2) is 24.7 Å². The molecule has 0 radical (unpaired) electrons. The molecule has 0 aliphatic rings. The Morgan fingerprint density at radius 2 is 1.19 bits per heavy atom. The van der Waals surface area contributed by atoms with E-state index in [1.54, 1.807) is 0 Å². The van der Waals surface area contributed by atoms with Gasteiger partial charge in [0.15, 0.2) is 0 Å². The lowest BCUT2D eigenvalue weighted by atomic mass is 10.2. The Labute approximate surface area is 93.5 Å². The third-order valence-corrected chi connectivity index (χ3v) is 1.03. The van der Waals surface area contributed by atoms with E-state index in [1.165, 1.54) is 0 Å². The lowest BCUT2D eigenvalue weighted by Crippen LogP contribution is -1.77. The first-order chi connectivity index (χ1) is 7.40. The van der Waals surface area contributed by atoms with Crippen molar-refractivity contribution in [2.45, 2.75) is 6.61 Å². The largest absolute Gasteiger partial charge is 0.392 e. The standard InChI is InChI=1S/C7H8O.2H3O3P/c8-6-7-4-2-1-3-5-7;2*1-4(2)3/h1-5,8H,6H2;2*4H,(H2,1,2,3). The van der Waals surface area contributed by atoms with E-state index in [0.717, 1.165) is 5.56 Å². The second-order valence-corrected chi connectivity index (χ2v) is 3.34. The number of aliphatic hydroxyl groups is 1. The van der Waals surface area contributed by atoms with E-state index in [2.05, 4.69) is 0 Å². The molecule has 0 heterocycles. The van der Waals surface area contributed by atoms with Crippen molar-refractivity contribution in [1.82, 2.24) is 0 Å². The van der Waals surface area contributed by atoms with Crippen molar-refractivity contribution in [2.75, 3.05) is 0 Å². The van der Waals surface area contributed by atoms with Crippen LogP contribution in [0.4, 0.5) is 0 Å². The van der Waals surface area contributed by atoms with Gasteiger partial charge in [-0.05, 0) is 5.56 Å². The molecule has 0 saturated carbocycles. The van der Waals surface area contributed by atoms with Crippen LogP contribution in [0.3, 0.4) is 0 Å². The maximum absolute atomic E-state index is 8.74. The Morgan fingerprint density at radius 3 is 1.38 bits per heavy atom. The second kappa shape index (κ2) is 12.5. The third-order valence-electron chi connectivity index (χ3n) is 1.03. The fourth-order valence-corrected chi connectivity index (χ4v) is 0.583. The zero-order chi connectivity index (χ0) is 13.0. The monoisotopic (exact) mass is 272 g/mol. The second-order valence-electron chi connectivity index (χ2n) is 2.21. The first kappa shape index (κ1) is 17.9. The Bertz CT molecular complexity index is 283. The fraction of sp³-hybridized carbons (Fsp3) is 0.143. The molecule has 0 spiro atoms. The first-order valence-corrected chi connectivity index (χ1v) is 6.49. The highest BCUT2D eigenvalue weighted by atomic mass is 31.1. The van der Waals surface area contributed by atoms with Gasteiger partial charge in [-0.3, -0.25) is 9.13 Å². The summed E-state index contributed by atoms with van der Waals surface area (Å²) in [6.07, 6.45) is 0. The van der Waals surface area contributed by atoms with Gasteiger partial charge in [-0.2, -0.15) is 0 Å². The van der Waals surface area contributed by atoms with Gasteiger partial charge in [0.05, 0.1) is 6.61 Å². The van der Waals surface area contributed by atoms with E-state index in [4.69, 9.17) is 33.8 Å². The van der Waals surface area contributed by atoms with Crippen molar-refractivity contribution < 1.29 is 33.8 Å². The highest BCUT2D eigenvalue weighted by Gasteiger charge is 1.81. The normalized spacial score (nSPS) is 8.94. The van der Waals surface area contributed by atoms with Gasteiger partial charge in [0.1, 0.15) is 0 Å². The number of benzene rings is 1. The molecule has 1 aromatic carbocycles. The van der Waals surface area contributed by atoms with E-state index in [1.807, 2.05) is 30.3 Å². The summed E-state index contributed by atoms with van der Waals surface area (Å²) < 4.78 is 17.5. The highest BCUT2D eigenvalue weighted by Crippen LogP contribution is 1.99. The molecule has 0 aromatic heterocycles. The van der Waals surface area contributed by atoms with Crippen molar-refractivity contribution in [3.63, 3.8) is 0 Å². The molecule has 0 amide bonds. The van der Waals surface area contributed by atoms with Crippen LogP contribution in [0.5, 0.6) is 0 Å². The molecule has 0 unspecified atom stereocenters. The summed E-state index contributed by atoms with van der Waals surface area (Å²) in [6.45, 7) is 0.140. The van der Waals surface area contributed by atoms with E-state index in [-0.39, 0.29) is 6.61 Å². The van der Waals surface area contributed by atoms with Crippen LogP contribution in [0.15, 0.2) is 30.3 Å². The summed E-state index contributed by atoms with van der Waals surface area (Å²) in [5.74, 6) is 0. The molecule has 0 atom stereocenters. The Hall–Kier alpha value is -0.520. The van der Waals surface area contributed by atoms with Crippen LogP contribution in [0.25, 0.3) is 0 Å². The third kappa shape index (κ3) is 23.4. The minimum absolute atomic E-state index is 0.140. The molecule has 1 rings (SSSR count). The first-order valence-electron chi connectivity index (χ1n) is 3.88. The van der Waals surface area contributed by atoms with Gasteiger partial charge < -0.3 is 24.7 Å². The summed E-state index contributed by atoms with van der Waals surface area (Å²) >= 11 is 0. The predicted molar refractivity (Wildman–Crippen MR) is 59.2 cm³/mol. The van der Waals surface area contributed by atoms with E-state index >= 15 is 0 Å². The van der Waals surface area contributed by atoms with Crippen LogP contribution in [0, 0.1) is 0 Å². The van der Waals surface area contributed by atoms with Crippen molar-refractivity contribution in [2.24, 2.45) is 0 Å². The van der Waals surface area contributed by atoms with Gasteiger partial charge in [0.25, 0.3) is 0 Å². The average Bonchev–Trinajstić information content (AvgIpc) is 2.17. The van der Waals surface area contributed by atoms with Crippen LogP contribution in [-0.2, 0) is 15.7 Å². The molecule has 0 aliphatic heterocycles. The van der Waals surface area contributed by atoms with Crippen molar-refractivity contribution in [3.05, 3.63) is 35.9 Å². The Kier molecular flexibility index (Phi) is 14.0. The minimum Gasteiger partial charge on any atom is -0.392 e. The van der Waals surface area contributed by atoms with Gasteiger partial charge in [0, 0.05) is 0 Å². The fourth-order valence-electron chi connectivity index (χ4n) is 0.583. The van der Waals surface area contributed by atoms with Gasteiger partial charge in [-0.1, -0.05) is 30.3 Å². The summed E-state index contributed by atoms with van der Waals surface area (Å²) in [7, 11) is -6.26. The maximum Gasteiger partial charge on any atom is 0.314 e. The number of aliphatic hydroxyl groups excluding tert-OH is 1. The summed E-state index contributed by atoms with van der Waals surface area (Å²) in [4.78, 5) is 28.6. The van der Waals surface area contributed by atoms with Gasteiger partial charge in [-0.25, -0.2) is 0 Å². The molecule has 0 fully saturated rings. The van der Waals surface area contributed by atoms with Crippen LogP contribution in [0.2, 0.25) is 0 Å². The van der Waals surface area contributed by atoms with Gasteiger partial charge >= 0.3 is 16.5 Å². The Balaban J connectivity index is 0. The maximum atomic E-state index is 8.74. The molecular weight excluding hydrogens is 258 g/mol. The minimum atomic E-state index is -3.13. The van der Waals surface area contributed by atoms with Crippen LogP contribution < -0.4 is 0 Å². The molecule has 9 heteroatoms. The molecule has 16 heavy (non-hydrogen) atoms. The van der Waals surface area contributed by atoms with E-state index in [0.29, 0.717) is 0 Å². The summed E-state index contributed by atoms with van der Waals surface area (Å²) in [6, 6.07) is 9.52. The highest BCUT2D eigenvalue weighted by molar-refractivity contribution is 7.31. The molecule has 94 valence electrons. The van der Waals surface area contributed by atoms with Crippen LogP contribution in [0.1, 0.15) is 5.56 Å². The zero-order valence-corrected chi connectivity index (χ0v) is 10.1. The Morgan fingerprint density at radius 1 is 0.875 bits per heavy atom. The molecule has 7 nitrogen and oxygen atoms in total. The molecule has 0 saturated heterocycles. The summed E-state index contributed by atoms with van der Waals surface area (Å²) in [5.41, 5.74) is 0.965. The van der Waals surface area contributed by atoms with Gasteiger partial charge in [0.2, 0.25) is 0 Å². The zero-order valence-electron chi connectivity index (χ0n) is 8.15. The number of hydrogen-bond acceptors (Lipinski definition) is 3. The van der Waals surface area contributed by atoms with E-state index in [9.17, 15) is 0 Å².